The molecule has 0 unspecified atom stereocenters. The van der Waals surface area contributed by atoms with Gasteiger partial charge < -0.3 is 18.7 Å². The van der Waals surface area contributed by atoms with Crippen LogP contribution >= 0.6 is 0 Å². The van der Waals surface area contributed by atoms with Crippen LogP contribution in [0.3, 0.4) is 0 Å². The zero-order valence-corrected chi connectivity index (χ0v) is 17.5. The average Bonchev–Trinajstić information content (AvgIpc) is 3.46. The fourth-order valence-corrected chi connectivity index (χ4v) is 3.57. The molecule has 4 aromatic rings. The molecule has 2 aromatic carbocycles. The summed E-state index contributed by atoms with van der Waals surface area (Å²) in [7, 11) is 1.40. The van der Waals surface area contributed by atoms with Gasteiger partial charge >= 0.3 is 0 Å². The predicted octanol–water partition coefficient (Wildman–Crippen LogP) is 3.81. The molecule has 3 heterocycles. The molecule has 1 aliphatic heterocycles. The molecule has 9 nitrogen and oxygen atoms in total. The van der Waals surface area contributed by atoms with Gasteiger partial charge in [-0.2, -0.15) is 4.98 Å². The highest BCUT2D eigenvalue weighted by Crippen LogP contribution is 2.32. The van der Waals surface area contributed by atoms with Crippen LogP contribution in [0.5, 0.6) is 11.5 Å². The third-order valence-electron chi connectivity index (χ3n) is 5.20. The maximum Gasteiger partial charge on any atom is 0.280 e. The minimum Gasteiger partial charge on any atom is -0.494 e. The average molecular weight is 437 g/mol. The highest BCUT2D eigenvalue weighted by atomic mass is 19.1. The number of hydrogen-bond acceptors (Lipinski definition) is 8. The van der Waals surface area contributed by atoms with Crippen molar-refractivity contribution >= 4 is 0 Å². The largest absolute Gasteiger partial charge is 0.494 e. The Hall–Kier alpha value is -3.79. The summed E-state index contributed by atoms with van der Waals surface area (Å²) in [6.07, 6.45) is -0.159. The molecule has 164 valence electrons. The molecule has 2 aromatic heterocycles. The summed E-state index contributed by atoms with van der Waals surface area (Å²) in [5.74, 6) is 0.891. The van der Waals surface area contributed by atoms with E-state index in [2.05, 4.69) is 20.5 Å². The lowest BCUT2D eigenvalue weighted by Crippen LogP contribution is -2.22. The van der Waals surface area contributed by atoms with Gasteiger partial charge in [0.2, 0.25) is 5.82 Å². The third-order valence-corrected chi connectivity index (χ3v) is 5.20. The van der Waals surface area contributed by atoms with Gasteiger partial charge in [0.15, 0.2) is 17.3 Å². The standard InChI is InChI=1S/C22H20FN5O4/c1-3-30-15-7-4-13(5-8-15)19-11-28-17(12-31-19)20(25-27-28)22-24-21(26-32-22)14-6-9-18(29-2)16(23)10-14/h4-10,19H,3,11-12H2,1-2H3/t19-/m0/s1. The highest BCUT2D eigenvalue weighted by molar-refractivity contribution is 5.59. The Morgan fingerprint density at radius 3 is 2.78 bits per heavy atom. The summed E-state index contributed by atoms with van der Waals surface area (Å²) in [5.41, 5.74) is 2.68. The van der Waals surface area contributed by atoms with Crippen molar-refractivity contribution in [3.8, 4) is 34.5 Å². The van der Waals surface area contributed by atoms with Crippen LogP contribution in [0.2, 0.25) is 0 Å². The number of aromatic nitrogens is 5. The van der Waals surface area contributed by atoms with Crippen LogP contribution in [0.15, 0.2) is 47.0 Å². The van der Waals surface area contributed by atoms with Crippen LogP contribution in [-0.2, 0) is 17.9 Å². The Bertz CT molecular complexity index is 1240. The molecule has 10 heteroatoms. The molecule has 0 amide bonds. The minimum atomic E-state index is -0.508. The number of fused-ring (bicyclic) bond motifs is 1. The van der Waals surface area contributed by atoms with Gasteiger partial charge in [0.05, 0.1) is 32.6 Å². The smallest absolute Gasteiger partial charge is 0.280 e. The van der Waals surface area contributed by atoms with E-state index in [1.54, 1.807) is 10.7 Å². The van der Waals surface area contributed by atoms with Crippen molar-refractivity contribution in [2.75, 3.05) is 13.7 Å². The number of methoxy groups -OCH3 is 1. The molecule has 0 bridgehead atoms. The normalized spacial score (nSPS) is 15.4. The molecule has 1 atom stereocenters. The molecule has 0 spiro atoms. The van der Waals surface area contributed by atoms with E-state index in [0.29, 0.717) is 24.4 Å². The number of nitrogens with zero attached hydrogens (tertiary/aromatic N) is 5. The Kier molecular flexibility index (Phi) is 5.28. The van der Waals surface area contributed by atoms with E-state index in [-0.39, 0.29) is 30.2 Å². The van der Waals surface area contributed by atoms with Gasteiger partial charge in [-0.25, -0.2) is 9.07 Å². The minimum absolute atomic E-state index is 0.143. The maximum atomic E-state index is 14.0. The van der Waals surface area contributed by atoms with Crippen LogP contribution in [0.25, 0.3) is 23.0 Å². The molecule has 0 fully saturated rings. The summed E-state index contributed by atoms with van der Waals surface area (Å²) in [5, 5.41) is 12.4. The van der Waals surface area contributed by atoms with E-state index < -0.39 is 5.82 Å². The maximum absolute atomic E-state index is 14.0. The number of benzene rings is 2. The van der Waals surface area contributed by atoms with Crippen molar-refractivity contribution in [2.24, 2.45) is 0 Å². The van der Waals surface area contributed by atoms with Gasteiger partial charge in [-0.1, -0.05) is 22.5 Å². The van der Waals surface area contributed by atoms with Crippen molar-refractivity contribution < 1.29 is 23.1 Å². The van der Waals surface area contributed by atoms with Gasteiger partial charge in [-0.15, -0.1) is 5.10 Å². The van der Waals surface area contributed by atoms with Crippen LogP contribution in [-0.4, -0.2) is 38.9 Å². The Morgan fingerprint density at radius 1 is 1.19 bits per heavy atom. The molecule has 0 radical (unpaired) electrons. The van der Waals surface area contributed by atoms with Crippen LogP contribution in [0.4, 0.5) is 4.39 Å². The fourth-order valence-electron chi connectivity index (χ4n) is 3.57. The first-order chi connectivity index (χ1) is 15.7. The van der Waals surface area contributed by atoms with Crippen molar-refractivity contribution in [3.63, 3.8) is 0 Å². The lowest BCUT2D eigenvalue weighted by atomic mass is 10.1. The zero-order valence-electron chi connectivity index (χ0n) is 17.5. The van der Waals surface area contributed by atoms with Crippen molar-refractivity contribution in [1.82, 2.24) is 25.1 Å². The monoisotopic (exact) mass is 437 g/mol. The number of hydrogen-bond donors (Lipinski definition) is 0. The van der Waals surface area contributed by atoms with Crippen molar-refractivity contribution in [3.05, 3.63) is 59.5 Å². The van der Waals surface area contributed by atoms with E-state index in [9.17, 15) is 4.39 Å². The Morgan fingerprint density at radius 2 is 2.03 bits per heavy atom. The summed E-state index contributed by atoms with van der Waals surface area (Å²) < 4.78 is 37.6. The topological polar surface area (TPSA) is 97.3 Å². The van der Waals surface area contributed by atoms with Gasteiger partial charge in [0, 0.05) is 5.56 Å². The molecule has 0 aliphatic carbocycles. The van der Waals surface area contributed by atoms with E-state index >= 15 is 0 Å². The molecule has 32 heavy (non-hydrogen) atoms. The van der Waals surface area contributed by atoms with E-state index in [1.165, 1.54) is 19.2 Å². The van der Waals surface area contributed by atoms with Gasteiger partial charge in [0.25, 0.3) is 5.89 Å². The zero-order chi connectivity index (χ0) is 22.1. The number of halogens is 1. The first-order valence-electron chi connectivity index (χ1n) is 10.1. The van der Waals surface area contributed by atoms with E-state index in [4.69, 9.17) is 18.7 Å². The molecule has 0 saturated heterocycles. The summed E-state index contributed by atoms with van der Waals surface area (Å²) >= 11 is 0. The Balaban J connectivity index is 1.36. The second kappa shape index (κ2) is 8.39. The van der Waals surface area contributed by atoms with Crippen molar-refractivity contribution in [1.29, 1.82) is 0 Å². The molecule has 5 rings (SSSR count). The number of ether oxygens (including phenoxy) is 3. The van der Waals surface area contributed by atoms with E-state index in [0.717, 1.165) is 17.0 Å². The quantitative estimate of drug-likeness (QED) is 0.449. The third kappa shape index (κ3) is 3.69. The highest BCUT2D eigenvalue weighted by Gasteiger charge is 2.28. The second-order valence-corrected chi connectivity index (χ2v) is 7.14. The first kappa shape index (κ1) is 20.1. The molecule has 0 saturated carbocycles. The van der Waals surface area contributed by atoms with Crippen molar-refractivity contribution in [2.45, 2.75) is 26.2 Å². The molecule has 1 aliphatic rings. The van der Waals surface area contributed by atoms with Crippen LogP contribution < -0.4 is 9.47 Å². The molecular weight excluding hydrogens is 417 g/mol. The predicted molar refractivity (Wildman–Crippen MR) is 110 cm³/mol. The van der Waals surface area contributed by atoms with E-state index in [1.807, 2.05) is 31.2 Å². The Labute approximate surface area is 182 Å². The fraction of sp³-hybridized carbons (Fsp3) is 0.273. The van der Waals surface area contributed by atoms with Gasteiger partial charge in [-0.3, -0.25) is 0 Å². The summed E-state index contributed by atoms with van der Waals surface area (Å²) in [4.78, 5) is 4.36. The molecule has 0 N–H and O–H groups in total. The first-order valence-corrected chi connectivity index (χ1v) is 10.1. The molecular formula is C22H20FN5O4. The number of rotatable bonds is 6. The lowest BCUT2D eigenvalue weighted by Gasteiger charge is -2.24. The summed E-state index contributed by atoms with van der Waals surface area (Å²) in [6.45, 7) is 3.36. The lowest BCUT2D eigenvalue weighted by molar-refractivity contribution is -0.00119. The van der Waals surface area contributed by atoms with Gasteiger partial charge in [0.1, 0.15) is 11.9 Å². The van der Waals surface area contributed by atoms with Crippen LogP contribution in [0, 0.1) is 5.82 Å². The SMILES string of the molecule is CCOc1ccc([C@@H]2Cn3nnc(-c4nc(-c5ccc(OC)c(F)c5)no4)c3CO2)cc1. The van der Waals surface area contributed by atoms with Gasteiger partial charge in [-0.05, 0) is 42.8 Å². The second-order valence-electron chi connectivity index (χ2n) is 7.14. The van der Waals surface area contributed by atoms with Crippen LogP contribution in [0.1, 0.15) is 24.3 Å². The summed E-state index contributed by atoms with van der Waals surface area (Å²) in [6, 6.07) is 12.3.